The van der Waals surface area contributed by atoms with Crippen molar-refractivity contribution in [2.24, 2.45) is 11.3 Å². The summed E-state index contributed by atoms with van der Waals surface area (Å²) in [6.07, 6.45) is 4.48. The number of hydrogen-bond donors (Lipinski definition) is 1. The zero-order valence-corrected chi connectivity index (χ0v) is 11.7. The molecule has 0 radical (unpaired) electrons. The molecule has 1 aromatic carbocycles. The van der Waals surface area contributed by atoms with Gasteiger partial charge in [-0.3, -0.25) is 0 Å². The van der Waals surface area contributed by atoms with Crippen molar-refractivity contribution < 1.29 is 9.52 Å². The second-order valence-electron chi connectivity index (χ2n) is 5.87. The molecule has 2 aromatic rings. The van der Waals surface area contributed by atoms with Gasteiger partial charge < -0.3 is 9.52 Å². The Morgan fingerprint density at radius 3 is 3.00 bits per heavy atom. The van der Waals surface area contributed by atoms with E-state index in [1.807, 2.05) is 24.3 Å². The van der Waals surface area contributed by atoms with E-state index in [4.69, 9.17) is 4.42 Å². The highest BCUT2D eigenvalue weighted by Crippen LogP contribution is 2.51. The Morgan fingerprint density at radius 2 is 2.30 bits per heavy atom. The zero-order valence-electron chi connectivity index (χ0n) is 11.7. The molecule has 1 fully saturated rings. The molecule has 0 bridgehead atoms. The summed E-state index contributed by atoms with van der Waals surface area (Å²) >= 11 is 0. The second kappa shape index (κ2) is 4.96. The highest BCUT2D eigenvalue weighted by Gasteiger charge is 2.46. The number of benzene rings is 1. The lowest BCUT2D eigenvalue weighted by Gasteiger charge is -2.27. The van der Waals surface area contributed by atoms with Gasteiger partial charge in [0.15, 0.2) is 0 Å². The maximum atomic E-state index is 10.8. The third-order valence-electron chi connectivity index (χ3n) is 4.78. The van der Waals surface area contributed by atoms with Crippen LogP contribution in [0.25, 0.3) is 11.0 Å². The van der Waals surface area contributed by atoms with Crippen molar-refractivity contribution in [3.63, 3.8) is 0 Å². The van der Waals surface area contributed by atoms with Gasteiger partial charge in [-0.1, -0.05) is 31.5 Å². The molecule has 104 valence electrons. The first-order valence-corrected chi connectivity index (χ1v) is 7.25. The monoisotopic (exact) mass is 269 g/mol. The quantitative estimate of drug-likeness (QED) is 0.909. The lowest BCUT2D eigenvalue weighted by molar-refractivity contribution is 0.0646. The predicted molar refractivity (Wildman–Crippen MR) is 76.9 cm³/mol. The summed E-state index contributed by atoms with van der Waals surface area (Å²) in [5.74, 6) is 0.544. The first kappa shape index (κ1) is 13.2. The smallest absolute Gasteiger partial charge is 0.134 e. The Morgan fingerprint density at radius 1 is 1.50 bits per heavy atom. The van der Waals surface area contributed by atoms with Crippen LogP contribution in [0.1, 0.15) is 44.3 Å². The van der Waals surface area contributed by atoms with Crippen molar-refractivity contribution in [2.75, 3.05) is 0 Å². The molecule has 0 saturated heterocycles. The standard InChI is InChI=1S/C17H19NO2/c1-2-12-7-8-17(9-12,11-18)16(19)14-10-20-15-6-4-3-5-13(14)15/h3-6,10,12,16,19H,2,7-9H2,1H3. The Labute approximate surface area is 118 Å². The molecule has 1 saturated carbocycles. The number of nitrogens with zero attached hydrogens (tertiary/aromatic N) is 1. The van der Waals surface area contributed by atoms with Crippen LogP contribution in [0.5, 0.6) is 0 Å². The molecule has 3 heteroatoms. The topological polar surface area (TPSA) is 57.2 Å². The summed E-state index contributed by atoms with van der Waals surface area (Å²) < 4.78 is 5.50. The molecule has 20 heavy (non-hydrogen) atoms. The van der Waals surface area contributed by atoms with Crippen LogP contribution >= 0.6 is 0 Å². The van der Waals surface area contributed by atoms with Crippen molar-refractivity contribution in [3.8, 4) is 6.07 Å². The molecule has 3 rings (SSSR count). The molecule has 3 unspecified atom stereocenters. The minimum Gasteiger partial charge on any atom is -0.464 e. The van der Waals surface area contributed by atoms with E-state index in [0.717, 1.165) is 42.2 Å². The number of aliphatic hydroxyl groups excluding tert-OH is 1. The van der Waals surface area contributed by atoms with E-state index in [-0.39, 0.29) is 0 Å². The van der Waals surface area contributed by atoms with Gasteiger partial charge in [0.05, 0.1) is 17.7 Å². The van der Waals surface area contributed by atoms with E-state index in [1.165, 1.54) is 0 Å². The maximum Gasteiger partial charge on any atom is 0.134 e. The second-order valence-corrected chi connectivity index (χ2v) is 5.87. The summed E-state index contributed by atoms with van der Waals surface area (Å²) in [5, 5.41) is 21.3. The average molecular weight is 269 g/mol. The molecule has 1 aromatic heterocycles. The van der Waals surface area contributed by atoms with Gasteiger partial charge in [-0.05, 0) is 31.2 Å². The third kappa shape index (κ3) is 1.92. The van der Waals surface area contributed by atoms with Gasteiger partial charge in [-0.15, -0.1) is 0 Å². The van der Waals surface area contributed by atoms with Crippen molar-refractivity contribution >= 4 is 11.0 Å². The van der Waals surface area contributed by atoms with E-state index in [1.54, 1.807) is 6.26 Å². The Hall–Kier alpha value is -1.79. The molecular weight excluding hydrogens is 250 g/mol. The number of nitriles is 1. The molecule has 1 heterocycles. The van der Waals surface area contributed by atoms with E-state index in [0.29, 0.717) is 5.92 Å². The summed E-state index contributed by atoms with van der Waals surface area (Å²) in [6, 6.07) is 10.1. The Kier molecular flexibility index (Phi) is 3.27. The van der Waals surface area contributed by atoms with Crippen LogP contribution in [0.3, 0.4) is 0 Å². The maximum absolute atomic E-state index is 10.8. The SMILES string of the molecule is CCC1CCC(C#N)(C(O)c2coc3ccccc23)C1. The minimum absolute atomic E-state index is 0.544. The predicted octanol–water partition coefficient (Wildman–Crippen LogP) is 4.19. The summed E-state index contributed by atoms with van der Waals surface area (Å²) in [4.78, 5) is 0. The number of para-hydroxylation sites is 1. The molecule has 0 spiro atoms. The number of aliphatic hydroxyl groups is 1. The number of furan rings is 1. The van der Waals surface area contributed by atoms with Crippen molar-refractivity contribution in [3.05, 3.63) is 36.1 Å². The minimum atomic E-state index is -0.771. The Balaban J connectivity index is 1.99. The molecule has 1 N–H and O–H groups in total. The van der Waals surface area contributed by atoms with Crippen LogP contribution in [0.4, 0.5) is 0 Å². The van der Waals surface area contributed by atoms with Gasteiger partial charge in [-0.25, -0.2) is 0 Å². The van der Waals surface area contributed by atoms with Gasteiger partial charge in [0.2, 0.25) is 0 Å². The average Bonchev–Trinajstić information content (AvgIpc) is 3.11. The van der Waals surface area contributed by atoms with Crippen molar-refractivity contribution in [1.29, 1.82) is 5.26 Å². The van der Waals surface area contributed by atoms with Crippen molar-refractivity contribution in [2.45, 2.75) is 38.7 Å². The zero-order chi connectivity index (χ0) is 14.2. The number of rotatable bonds is 3. The molecule has 1 aliphatic carbocycles. The van der Waals surface area contributed by atoms with Crippen LogP contribution in [0.15, 0.2) is 34.9 Å². The largest absolute Gasteiger partial charge is 0.464 e. The fourth-order valence-electron chi connectivity index (χ4n) is 3.45. The van der Waals surface area contributed by atoms with E-state index >= 15 is 0 Å². The van der Waals surface area contributed by atoms with Crippen LogP contribution in [-0.4, -0.2) is 5.11 Å². The molecule has 1 aliphatic rings. The van der Waals surface area contributed by atoms with Crippen LogP contribution in [0, 0.1) is 22.7 Å². The Bertz CT molecular complexity index is 654. The third-order valence-corrected chi connectivity index (χ3v) is 4.78. The van der Waals surface area contributed by atoms with E-state index in [2.05, 4.69) is 13.0 Å². The highest BCUT2D eigenvalue weighted by atomic mass is 16.3. The fraction of sp³-hybridized carbons (Fsp3) is 0.471. The fourth-order valence-corrected chi connectivity index (χ4v) is 3.45. The lowest BCUT2D eigenvalue weighted by atomic mass is 9.78. The molecular formula is C17H19NO2. The van der Waals surface area contributed by atoms with E-state index < -0.39 is 11.5 Å². The number of fused-ring (bicyclic) bond motifs is 1. The molecule has 0 aliphatic heterocycles. The first-order chi connectivity index (χ1) is 9.70. The lowest BCUT2D eigenvalue weighted by Crippen LogP contribution is -2.24. The number of hydrogen-bond acceptors (Lipinski definition) is 3. The van der Waals surface area contributed by atoms with Gasteiger partial charge in [0.25, 0.3) is 0 Å². The molecule has 0 amide bonds. The van der Waals surface area contributed by atoms with E-state index in [9.17, 15) is 10.4 Å². The summed E-state index contributed by atoms with van der Waals surface area (Å²) in [6.45, 7) is 2.15. The van der Waals surface area contributed by atoms with Crippen molar-refractivity contribution in [1.82, 2.24) is 0 Å². The highest BCUT2D eigenvalue weighted by molar-refractivity contribution is 5.81. The molecule has 3 atom stereocenters. The van der Waals surface area contributed by atoms with Gasteiger partial charge in [0.1, 0.15) is 11.7 Å². The van der Waals surface area contributed by atoms with Gasteiger partial charge >= 0.3 is 0 Å². The summed E-state index contributed by atoms with van der Waals surface area (Å²) in [7, 11) is 0. The molecule has 3 nitrogen and oxygen atoms in total. The van der Waals surface area contributed by atoms with Crippen LogP contribution in [0.2, 0.25) is 0 Å². The normalized spacial score (nSPS) is 27.6. The van der Waals surface area contributed by atoms with Gasteiger partial charge in [0, 0.05) is 10.9 Å². The summed E-state index contributed by atoms with van der Waals surface area (Å²) in [5.41, 5.74) is 0.853. The van der Waals surface area contributed by atoms with Gasteiger partial charge in [-0.2, -0.15) is 5.26 Å². The first-order valence-electron chi connectivity index (χ1n) is 7.25. The van der Waals surface area contributed by atoms with Crippen LogP contribution < -0.4 is 0 Å². The van der Waals surface area contributed by atoms with Crippen LogP contribution in [-0.2, 0) is 0 Å².